The summed E-state index contributed by atoms with van der Waals surface area (Å²) in [4.78, 5) is 79.9. The quantitative estimate of drug-likeness (QED) is 0.0606. The number of nitrogens with two attached hydrogens (primary N) is 1. The summed E-state index contributed by atoms with van der Waals surface area (Å²) >= 11 is 0. The van der Waals surface area contributed by atoms with Gasteiger partial charge in [-0.2, -0.15) is 5.10 Å². The normalized spacial score (nSPS) is 15.2. The van der Waals surface area contributed by atoms with Gasteiger partial charge in [0.15, 0.2) is 6.61 Å². The molecule has 1 atom stereocenters. The summed E-state index contributed by atoms with van der Waals surface area (Å²) in [7, 11) is -3.46. The zero-order chi connectivity index (χ0) is 40.7. The second-order valence-corrected chi connectivity index (χ2v) is 14.5. The number of nitrogens with zero attached hydrogens (tertiary/aromatic N) is 3. The lowest BCUT2D eigenvalue weighted by atomic mass is 10.0. The average molecular weight is 804 g/mol. The Balaban J connectivity index is 0.927. The van der Waals surface area contributed by atoms with E-state index >= 15 is 0 Å². The average Bonchev–Trinajstić information content (AvgIpc) is 3.72. The van der Waals surface area contributed by atoms with Crippen LogP contribution in [0.15, 0.2) is 60.8 Å². The number of fused-ring (bicyclic) bond motifs is 1. The summed E-state index contributed by atoms with van der Waals surface area (Å²) in [5.41, 5.74) is 7.37. The number of aromatic amines is 1. The summed E-state index contributed by atoms with van der Waals surface area (Å²) < 4.78 is 43.0. The van der Waals surface area contributed by atoms with Gasteiger partial charge in [0.1, 0.15) is 35.5 Å². The summed E-state index contributed by atoms with van der Waals surface area (Å²) in [6.45, 7) is 1.58. The van der Waals surface area contributed by atoms with Gasteiger partial charge in [-0.25, -0.2) is 13.4 Å². The molecule has 298 valence electrons. The van der Waals surface area contributed by atoms with Crippen LogP contribution in [0.5, 0.6) is 11.6 Å². The number of primary amides is 1. The molecule has 2 aromatic heterocycles. The molecular formula is C36H37N9O11S. The third-order valence-corrected chi connectivity index (χ3v) is 9.97. The molecule has 0 spiro atoms. The highest BCUT2D eigenvalue weighted by atomic mass is 32.2. The van der Waals surface area contributed by atoms with Crippen molar-refractivity contribution < 1.29 is 51.4 Å². The summed E-state index contributed by atoms with van der Waals surface area (Å²) in [6.07, 6.45) is 1.48. The molecule has 4 heterocycles. The van der Waals surface area contributed by atoms with Crippen molar-refractivity contribution in [1.82, 2.24) is 30.7 Å². The number of nitrogens with one attached hydrogen (secondary N) is 5. The Hall–Kier alpha value is -6.87. The highest BCUT2D eigenvalue weighted by molar-refractivity contribution is 7.92. The van der Waals surface area contributed by atoms with E-state index in [1.165, 1.54) is 31.3 Å². The van der Waals surface area contributed by atoms with Gasteiger partial charge in [0.25, 0.3) is 23.6 Å². The number of carbonyl (C=O) groups excluding carboxylic acids is 6. The molecule has 0 bridgehead atoms. The molecular weight excluding hydrogens is 767 g/mol. The number of ether oxygens (including phenoxy) is 3. The highest BCUT2D eigenvalue weighted by Gasteiger charge is 2.46. The van der Waals surface area contributed by atoms with Crippen molar-refractivity contribution in [3.8, 4) is 22.9 Å². The number of rotatable bonds is 18. The molecule has 0 aliphatic carbocycles. The lowest BCUT2D eigenvalue weighted by Crippen LogP contribution is -2.54. The lowest BCUT2D eigenvalue weighted by molar-refractivity contribution is -0.136. The van der Waals surface area contributed by atoms with Crippen LogP contribution < -0.4 is 35.9 Å². The standard InChI is InChI=1S/C36H37N9O11S/c1-2-57(52,53)44-21-8-6-20(7-9-21)31-30(32(37)48)33(43-42-31)40-22-12-13-39-28(18-22)55-17-16-54-15-14-38-27(47)19-56-25-5-3-4-23-29(25)36(51)45(35(23)50)24-10-11-26(46)41-34(24)49/h3-9,12-13,18,24,44H,2,10-11,14-17,19H2,1H3,(H2,37,48)(H,38,47)(H,41,46,49)(H2,39,40,42,43). The van der Waals surface area contributed by atoms with Gasteiger partial charge in [0, 0.05) is 42.2 Å². The lowest BCUT2D eigenvalue weighted by Gasteiger charge is -2.27. The Morgan fingerprint density at radius 3 is 2.51 bits per heavy atom. The zero-order valence-electron chi connectivity index (χ0n) is 30.3. The Morgan fingerprint density at radius 2 is 1.77 bits per heavy atom. The third kappa shape index (κ3) is 9.33. The molecule has 2 aromatic carbocycles. The fourth-order valence-electron chi connectivity index (χ4n) is 5.91. The van der Waals surface area contributed by atoms with Crippen molar-refractivity contribution in [2.75, 3.05) is 48.8 Å². The number of benzene rings is 2. The first kappa shape index (κ1) is 39.8. The van der Waals surface area contributed by atoms with Crippen molar-refractivity contribution in [2.45, 2.75) is 25.8 Å². The maximum Gasteiger partial charge on any atom is 0.266 e. The minimum atomic E-state index is -3.46. The first-order valence-corrected chi connectivity index (χ1v) is 19.2. The largest absolute Gasteiger partial charge is 0.483 e. The van der Waals surface area contributed by atoms with E-state index in [2.05, 4.69) is 35.9 Å². The van der Waals surface area contributed by atoms with E-state index in [-0.39, 0.29) is 84.8 Å². The first-order valence-electron chi connectivity index (χ1n) is 17.5. The van der Waals surface area contributed by atoms with Crippen LogP contribution in [0.25, 0.3) is 11.3 Å². The Labute approximate surface area is 324 Å². The number of hydrogen-bond donors (Lipinski definition) is 6. The molecule has 0 radical (unpaired) electrons. The third-order valence-electron chi connectivity index (χ3n) is 8.66. The molecule has 0 saturated carbocycles. The molecule has 4 aromatic rings. The van der Waals surface area contributed by atoms with Gasteiger partial charge in [0.05, 0.1) is 30.1 Å². The predicted molar refractivity (Wildman–Crippen MR) is 201 cm³/mol. The van der Waals surface area contributed by atoms with Crippen LogP contribution in [0.4, 0.5) is 17.2 Å². The minimum Gasteiger partial charge on any atom is -0.483 e. The number of anilines is 3. The number of carbonyl (C=O) groups is 6. The smallest absolute Gasteiger partial charge is 0.266 e. The summed E-state index contributed by atoms with van der Waals surface area (Å²) in [6, 6.07) is 12.7. The first-order chi connectivity index (χ1) is 27.3. The van der Waals surface area contributed by atoms with Gasteiger partial charge in [0.2, 0.25) is 27.7 Å². The van der Waals surface area contributed by atoms with E-state index in [9.17, 15) is 37.2 Å². The molecule has 6 amide bonds. The van der Waals surface area contributed by atoms with Crippen LogP contribution in [-0.4, -0.2) is 109 Å². The fraction of sp³-hybridized carbons (Fsp3) is 0.278. The zero-order valence-corrected chi connectivity index (χ0v) is 31.1. The maximum atomic E-state index is 13.2. The van der Waals surface area contributed by atoms with Gasteiger partial charge in [-0.3, -0.25) is 48.8 Å². The molecule has 6 rings (SSSR count). The summed E-state index contributed by atoms with van der Waals surface area (Å²) in [5, 5.41) is 14.8. The molecule has 1 fully saturated rings. The van der Waals surface area contributed by atoms with E-state index in [1.54, 1.807) is 36.4 Å². The van der Waals surface area contributed by atoms with Gasteiger partial charge in [-0.05, 0) is 43.7 Å². The number of imide groups is 2. The van der Waals surface area contributed by atoms with Crippen molar-refractivity contribution in [1.29, 1.82) is 0 Å². The molecule has 7 N–H and O–H groups in total. The number of piperidine rings is 1. The number of sulfonamides is 1. The second-order valence-electron chi connectivity index (χ2n) is 12.5. The van der Waals surface area contributed by atoms with Crippen LogP contribution in [0, 0.1) is 0 Å². The Morgan fingerprint density at radius 1 is 0.982 bits per heavy atom. The van der Waals surface area contributed by atoms with Crippen molar-refractivity contribution in [2.24, 2.45) is 5.73 Å². The highest BCUT2D eigenvalue weighted by Crippen LogP contribution is 2.34. The van der Waals surface area contributed by atoms with Crippen LogP contribution >= 0.6 is 0 Å². The van der Waals surface area contributed by atoms with Gasteiger partial charge in [-0.15, -0.1) is 0 Å². The van der Waals surface area contributed by atoms with Crippen molar-refractivity contribution in [3.05, 3.63) is 77.5 Å². The number of aromatic nitrogens is 3. The molecule has 20 nitrogen and oxygen atoms in total. The molecule has 1 unspecified atom stereocenters. The van der Waals surface area contributed by atoms with Gasteiger partial charge in [-0.1, -0.05) is 18.2 Å². The monoisotopic (exact) mass is 803 g/mol. The van der Waals surface area contributed by atoms with Crippen LogP contribution in [0.1, 0.15) is 50.8 Å². The summed E-state index contributed by atoms with van der Waals surface area (Å²) in [5.74, 6) is -3.54. The van der Waals surface area contributed by atoms with E-state index in [4.69, 9.17) is 19.9 Å². The predicted octanol–water partition coefficient (Wildman–Crippen LogP) is 1.07. The number of amides is 6. The Bertz CT molecular complexity index is 2330. The van der Waals surface area contributed by atoms with Crippen LogP contribution in [-0.2, 0) is 29.1 Å². The second kappa shape index (κ2) is 17.3. The van der Waals surface area contributed by atoms with E-state index in [0.29, 0.717) is 16.9 Å². The van der Waals surface area contributed by atoms with E-state index in [0.717, 1.165) is 4.90 Å². The SMILES string of the molecule is CCS(=O)(=O)Nc1ccc(-c2n[nH]c(Nc3ccnc(OCCOCCNC(=O)COc4cccc5c4C(=O)N(C4CCC(=O)NC4=O)C5=O)c3)c2C(N)=O)cc1. The van der Waals surface area contributed by atoms with E-state index in [1.807, 2.05) is 0 Å². The van der Waals surface area contributed by atoms with Crippen molar-refractivity contribution >= 4 is 62.7 Å². The van der Waals surface area contributed by atoms with Crippen molar-refractivity contribution in [3.63, 3.8) is 0 Å². The fourth-order valence-corrected chi connectivity index (χ4v) is 6.55. The molecule has 2 aliphatic rings. The topological polar surface area (TPSA) is 283 Å². The van der Waals surface area contributed by atoms with E-state index < -0.39 is 58.1 Å². The van der Waals surface area contributed by atoms with Crippen LogP contribution in [0.2, 0.25) is 0 Å². The Kier molecular flexibility index (Phi) is 12.1. The maximum absolute atomic E-state index is 13.2. The number of hydrogen-bond acceptors (Lipinski definition) is 14. The number of pyridine rings is 1. The van der Waals surface area contributed by atoms with Gasteiger partial charge < -0.3 is 30.6 Å². The number of H-pyrrole nitrogens is 1. The molecule has 57 heavy (non-hydrogen) atoms. The molecule has 2 aliphatic heterocycles. The van der Waals surface area contributed by atoms with Crippen LogP contribution in [0.3, 0.4) is 0 Å². The minimum absolute atomic E-state index is 0.00338. The van der Waals surface area contributed by atoms with Gasteiger partial charge >= 0.3 is 0 Å². The molecule has 1 saturated heterocycles. The molecule has 21 heteroatoms.